The quantitative estimate of drug-likeness (QED) is 0.715. The Balaban J connectivity index is 1.92. The predicted molar refractivity (Wildman–Crippen MR) is 89.3 cm³/mol. The number of para-hydroxylation sites is 1. The first-order valence-corrected chi connectivity index (χ1v) is 8.26. The van der Waals surface area contributed by atoms with Gasteiger partial charge in [-0.2, -0.15) is 11.3 Å². The molecule has 0 aliphatic rings. The topological polar surface area (TPSA) is 33.2 Å². The van der Waals surface area contributed by atoms with Gasteiger partial charge in [-0.15, -0.1) is 11.3 Å². The number of aromatic nitrogens is 1. The molecule has 0 N–H and O–H groups in total. The van der Waals surface area contributed by atoms with Gasteiger partial charge in [0.15, 0.2) is 0 Å². The molecule has 3 rings (SSSR count). The van der Waals surface area contributed by atoms with Crippen molar-refractivity contribution < 1.29 is 4.79 Å². The summed E-state index contributed by atoms with van der Waals surface area (Å²) in [4.78, 5) is 19.5. The average molecular weight is 314 g/mol. The molecular weight excluding hydrogens is 300 g/mol. The van der Waals surface area contributed by atoms with Crippen LogP contribution < -0.4 is 4.90 Å². The van der Waals surface area contributed by atoms with E-state index in [1.54, 1.807) is 23.3 Å². The van der Waals surface area contributed by atoms with Gasteiger partial charge in [-0.05, 0) is 30.5 Å². The van der Waals surface area contributed by atoms with E-state index in [-0.39, 0.29) is 5.91 Å². The Kier molecular flexibility index (Phi) is 3.86. The zero-order valence-electron chi connectivity index (χ0n) is 11.7. The standard InChI is InChI=1S/C16H14N2OS2/c1-11-14(21-15(17-11)12-8-9-20-10-12)16(19)18(2)13-6-4-3-5-7-13/h3-10H,1-2H3. The van der Waals surface area contributed by atoms with Gasteiger partial charge in [0.2, 0.25) is 0 Å². The molecule has 2 heterocycles. The Bertz CT molecular complexity index is 748. The average Bonchev–Trinajstić information content (AvgIpc) is 3.16. The molecule has 0 radical (unpaired) electrons. The van der Waals surface area contributed by atoms with Crippen molar-refractivity contribution in [2.45, 2.75) is 6.92 Å². The second-order valence-corrected chi connectivity index (χ2v) is 6.42. The fraction of sp³-hybridized carbons (Fsp3) is 0.125. The number of hydrogen-bond acceptors (Lipinski definition) is 4. The Morgan fingerprint density at radius 1 is 1.19 bits per heavy atom. The molecule has 3 nitrogen and oxygen atoms in total. The molecule has 2 aromatic heterocycles. The molecule has 1 amide bonds. The first-order chi connectivity index (χ1) is 10.2. The summed E-state index contributed by atoms with van der Waals surface area (Å²) >= 11 is 3.09. The van der Waals surface area contributed by atoms with Crippen molar-refractivity contribution in [3.05, 3.63) is 57.7 Å². The third kappa shape index (κ3) is 2.75. The van der Waals surface area contributed by atoms with E-state index < -0.39 is 0 Å². The number of aryl methyl sites for hydroxylation is 1. The highest BCUT2D eigenvalue weighted by molar-refractivity contribution is 7.17. The van der Waals surface area contributed by atoms with E-state index in [1.807, 2.05) is 54.1 Å². The minimum atomic E-state index is -0.0160. The molecule has 5 heteroatoms. The Morgan fingerprint density at radius 2 is 1.95 bits per heavy atom. The van der Waals surface area contributed by atoms with Crippen LogP contribution in [0.4, 0.5) is 5.69 Å². The van der Waals surface area contributed by atoms with E-state index in [0.717, 1.165) is 22.0 Å². The van der Waals surface area contributed by atoms with Crippen LogP contribution in [0.2, 0.25) is 0 Å². The lowest BCUT2D eigenvalue weighted by atomic mass is 10.2. The highest BCUT2D eigenvalue weighted by atomic mass is 32.1. The number of rotatable bonds is 3. The van der Waals surface area contributed by atoms with Crippen molar-refractivity contribution in [3.8, 4) is 10.6 Å². The third-order valence-electron chi connectivity index (χ3n) is 3.21. The Morgan fingerprint density at radius 3 is 2.62 bits per heavy atom. The molecule has 1 aromatic carbocycles. The fourth-order valence-electron chi connectivity index (χ4n) is 2.03. The lowest BCUT2D eigenvalue weighted by Crippen LogP contribution is -2.25. The zero-order chi connectivity index (χ0) is 14.8. The van der Waals surface area contributed by atoms with Crippen molar-refractivity contribution in [2.75, 3.05) is 11.9 Å². The van der Waals surface area contributed by atoms with Crippen LogP contribution in [0, 0.1) is 6.92 Å². The summed E-state index contributed by atoms with van der Waals surface area (Å²) in [5.74, 6) is -0.0160. The van der Waals surface area contributed by atoms with E-state index >= 15 is 0 Å². The maximum atomic E-state index is 12.6. The van der Waals surface area contributed by atoms with Gasteiger partial charge in [0.05, 0.1) is 5.69 Å². The highest BCUT2D eigenvalue weighted by Crippen LogP contribution is 2.30. The predicted octanol–water partition coefficient (Wildman–Crippen LogP) is 4.46. The molecule has 0 atom stereocenters. The molecule has 0 unspecified atom stereocenters. The van der Waals surface area contributed by atoms with Gasteiger partial charge in [0, 0.05) is 23.7 Å². The second kappa shape index (κ2) is 5.79. The highest BCUT2D eigenvalue weighted by Gasteiger charge is 2.20. The monoisotopic (exact) mass is 314 g/mol. The van der Waals surface area contributed by atoms with Crippen LogP contribution in [0.5, 0.6) is 0 Å². The number of anilines is 1. The van der Waals surface area contributed by atoms with Crippen LogP contribution in [0.3, 0.4) is 0 Å². The first kappa shape index (κ1) is 14.0. The molecule has 0 aliphatic carbocycles. The summed E-state index contributed by atoms with van der Waals surface area (Å²) < 4.78 is 0. The number of nitrogens with zero attached hydrogens (tertiary/aromatic N) is 2. The molecule has 0 bridgehead atoms. The van der Waals surface area contributed by atoms with Gasteiger partial charge in [-0.1, -0.05) is 18.2 Å². The molecule has 0 fully saturated rings. The summed E-state index contributed by atoms with van der Waals surface area (Å²) in [5, 5.41) is 4.97. The summed E-state index contributed by atoms with van der Waals surface area (Å²) in [6, 6.07) is 11.7. The number of thiazole rings is 1. The second-order valence-electron chi connectivity index (χ2n) is 4.65. The van der Waals surface area contributed by atoms with Gasteiger partial charge >= 0.3 is 0 Å². The van der Waals surface area contributed by atoms with E-state index in [9.17, 15) is 4.79 Å². The Labute approximate surface area is 131 Å². The van der Waals surface area contributed by atoms with Crippen molar-refractivity contribution in [1.82, 2.24) is 4.98 Å². The van der Waals surface area contributed by atoms with Crippen molar-refractivity contribution in [3.63, 3.8) is 0 Å². The lowest BCUT2D eigenvalue weighted by molar-refractivity contribution is 0.0996. The van der Waals surface area contributed by atoms with E-state index in [0.29, 0.717) is 4.88 Å². The molecule has 0 aliphatic heterocycles. The van der Waals surface area contributed by atoms with E-state index in [2.05, 4.69) is 4.98 Å². The van der Waals surface area contributed by atoms with Gasteiger partial charge < -0.3 is 4.90 Å². The third-order valence-corrected chi connectivity index (χ3v) is 5.08. The number of hydrogen-bond donors (Lipinski definition) is 0. The lowest BCUT2D eigenvalue weighted by Gasteiger charge is -2.16. The maximum Gasteiger partial charge on any atom is 0.270 e. The van der Waals surface area contributed by atoms with Crippen molar-refractivity contribution >= 4 is 34.3 Å². The molecule has 0 saturated carbocycles. The van der Waals surface area contributed by atoms with E-state index in [4.69, 9.17) is 0 Å². The summed E-state index contributed by atoms with van der Waals surface area (Å²) in [6.45, 7) is 1.89. The minimum Gasteiger partial charge on any atom is -0.311 e. The van der Waals surface area contributed by atoms with Crippen LogP contribution in [0.1, 0.15) is 15.4 Å². The number of benzene rings is 1. The normalized spacial score (nSPS) is 10.6. The smallest absolute Gasteiger partial charge is 0.270 e. The van der Waals surface area contributed by atoms with Crippen molar-refractivity contribution in [2.24, 2.45) is 0 Å². The number of carbonyl (C=O) groups excluding carboxylic acids is 1. The zero-order valence-corrected chi connectivity index (χ0v) is 13.4. The number of carbonyl (C=O) groups is 1. The summed E-state index contributed by atoms with van der Waals surface area (Å²) in [5.41, 5.74) is 2.75. The minimum absolute atomic E-state index is 0.0160. The first-order valence-electron chi connectivity index (χ1n) is 6.50. The van der Waals surface area contributed by atoms with Crippen LogP contribution in [-0.2, 0) is 0 Å². The fourth-order valence-corrected chi connectivity index (χ4v) is 3.78. The number of thiophene rings is 1. The number of amides is 1. The summed E-state index contributed by atoms with van der Waals surface area (Å²) in [6.07, 6.45) is 0. The molecule has 106 valence electrons. The largest absolute Gasteiger partial charge is 0.311 e. The van der Waals surface area contributed by atoms with Gasteiger partial charge in [-0.25, -0.2) is 4.98 Å². The van der Waals surface area contributed by atoms with Gasteiger partial charge in [0.1, 0.15) is 9.88 Å². The molecule has 0 saturated heterocycles. The van der Waals surface area contributed by atoms with Gasteiger partial charge in [0.25, 0.3) is 5.91 Å². The summed E-state index contributed by atoms with van der Waals surface area (Å²) in [7, 11) is 1.79. The molecule has 0 spiro atoms. The van der Waals surface area contributed by atoms with Crippen LogP contribution in [0.15, 0.2) is 47.2 Å². The molecule has 21 heavy (non-hydrogen) atoms. The van der Waals surface area contributed by atoms with Crippen LogP contribution in [0.25, 0.3) is 10.6 Å². The molecular formula is C16H14N2OS2. The molecule has 3 aromatic rings. The van der Waals surface area contributed by atoms with Crippen LogP contribution >= 0.6 is 22.7 Å². The maximum absolute atomic E-state index is 12.6. The van der Waals surface area contributed by atoms with E-state index in [1.165, 1.54) is 11.3 Å². The Hall–Kier alpha value is -1.98. The SMILES string of the molecule is Cc1nc(-c2ccsc2)sc1C(=O)N(C)c1ccccc1. The van der Waals surface area contributed by atoms with Crippen LogP contribution in [-0.4, -0.2) is 17.9 Å². The van der Waals surface area contributed by atoms with Crippen molar-refractivity contribution in [1.29, 1.82) is 0 Å². The van der Waals surface area contributed by atoms with Gasteiger partial charge in [-0.3, -0.25) is 4.79 Å².